The van der Waals surface area contributed by atoms with E-state index >= 15 is 0 Å². The fourth-order valence-electron chi connectivity index (χ4n) is 5.15. The first kappa shape index (κ1) is 40.8. The molecule has 0 heterocycles. The number of hydrogen-bond donors (Lipinski definition) is 0. The zero-order valence-electron chi connectivity index (χ0n) is 28.1. The van der Waals surface area contributed by atoms with Gasteiger partial charge in [0.05, 0.1) is 34.1 Å². The van der Waals surface area contributed by atoms with E-state index in [1.54, 1.807) is 0 Å². The van der Waals surface area contributed by atoms with Crippen molar-refractivity contribution in [3.63, 3.8) is 0 Å². The number of carbonyl (C=O) groups excluding carboxylic acids is 3. The molecule has 0 amide bonds. The number of allylic oxidation sites excluding steroid dienone is 2. The van der Waals surface area contributed by atoms with Crippen molar-refractivity contribution >= 4 is 48.5 Å². The second-order valence-electron chi connectivity index (χ2n) is 12.7. The molecule has 4 rings (SSSR count). The second-order valence-corrected chi connectivity index (χ2v) is 16.7. The highest BCUT2D eigenvalue weighted by atomic mass is 32.2. The molecule has 0 unspecified atom stereocenters. The Morgan fingerprint density at radius 3 is 1.29 bits per heavy atom. The normalized spacial score (nSPS) is 16.1. The number of Topliss-reactive ketones (excluding diaryl/α,β-unsaturated/α-hetero) is 3. The van der Waals surface area contributed by atoms with Crippen LogP contribution in [-0.4, -0.2) is 59.9 Å². The molecule has 0 saturated heterocycles. The molecule has 9 nitrogen and oxygen atoms in total. The number of carbonyl (C=O) groups is 3. The minimum Gasteiger partial charge on any atom is -0.493 e. The Hall–Kier alpha value is -3.99. The van der Waals surface area contributed by atoms with Gasteiger partial charge in [-0.05, 0) is 74.2 Å². The van der Waals surface area contributed by atoms with Gasteiger partial charge in [-0.2, -0.15) is 26.3 Å². The number of hydrogen-bond acceptors (Lipinski definition) is 9. The predicted molar refractivity (Wildman–Crippen MR) is 176 cm³/mol. The van der Waals surface area contributed by atoms with Gasteiger partial charge in [0.15, 0.2) is 19.7 Å². The van der Waals surface area contributed by atoms with Gasteiger partial charge in [0.25, 0.3) is 0 Å². The van der Waals surface area contributed by atoms with E-state index in [0.717, 1.165) is 24.3 Å². The molecule has 284 valence electrons. The molecule has 2 aromatic carbocycles. The first-order chi connectivity index (χ1) is 24.1. The Balaban J connectivity index is 1.66. The Morgan fingerprint density at radius 2 is 1.00 bits per heavy atom. The standard InChI is InChI=1S/C35H36F6O9S2/c1-51(45,46)32-19-23(34(36,37)38)7-11-26(32)30(49-17-15-28(43)21-3-4-21)13-9-25(42)10-14-31(50-18-16-29(44)22-5-6-22)27-12-8-24(35(39,40)41)20-33(27)52(2,47)48/h7-8,11-14,19-22H,3-6,9-10,15-18H2,1-2H3. The monoisotopic (exact) mass is 778 g/mol. The number of rotatable bonds is 18. The Bertz CT molecular complexity index is 1850. The SMILES string of the molecule is CS(=O)(=O)c1cc(C(F)(F)F)ccc1C(=CCC(=O)CC=C(OCCC(=O)C1CC1)c1ccc(C(F)(F)F)cc1S(C)(=O)=O)OCCC(=O)C1CC1. The third kappa shape index (κ3) is 11.5. The molecular formula is C35H36F6O9S2. The molecule has 52 heavy (non-hydrogen) atoms. The van der Waals surface area contributed by atoms with Crippen molar-refractivity contribution in [3.8, 4) is 0 Å². The molecule has 0 N–H and O–H groups in total. The molecule has 0 bridgehead atoms. The van der Waals surface area contributed by atoms with E-state index < -0.39 is 71.6 Å². The number of ketones is 3. The fraction of sp³-hybridized carbons (Fsp3) is 0.457. The molecule has 2 fully saturated rings. The smallest absolute Gasteiger partial charge is 0.416 e. The van der Waals surface area contributed by atoms with E-state index in [9.17, 15) is 57.6 Å². The Kier molecular flexibility index (Phi) is 12.5. The number of alkyl halides is 6. The lowest BCUT2D eigenvalue weighted by Gasteiger charge is -2.17. The summed E-state index contributed by atoms with van der Waals surface area (Å²) in [5.41, 5.74) is -3.07. The van der Waals surface area contributed by atoms with Crippen LogP contribution in [0.15, 0.2) is 58.3 Å². The summed E-state index contributed by atoms with van der Waals surface area (Å²) in [5.74, 6) is -1.68. The van der Waals surface area contributed by atoms with Crippen molar-refractivity contribution in [2.75, 3.05) is 25.7 Å². The van der Waals surface area contributed by atoms with Gasteiger partial charge in [-0.15, -0.1) is 0 Å². The Labute approximate surface area is 296 Å². The number of ether oxygens (including phenoxy) is 2. The van der Waals surface area contributed by atoms with Crippen molar-refractivity contribution in [3.05, 3.63) is 70.8 Å². The van der Waals surface area contributed by atoms with Crippen LogP contribution in [0.25, 0.3) is 11.5 Å². The second kappa shape index (κ2) is 15.9. The van der Waals surface area contributed by atoms with Crippen LogP contribution < -0.4 is 0 Å². The molecule has 0 atom stereocenters. The van der Waals surface area contributed by atoms with Gasteiger partial charge >= 0.3 is 12.4 Å². The van der Waals surface area contributed by atoms with Crippen molar-refractivity contribution < 1.29 is 67.0 Å². The summed E-state index contributed by atoms with van der Waals surface area (Å²) in [6.07, 6.45) is -4.44. The topological polar surface area (TPSA) is 138 Å². The van der Waals surface area contributed by atoms with Crippen LogP contribution in [0.4, 0.5) is 26.3 Å². The average Bonchev–Trinajstić information content (AvgIpc) is 3.95. The molecule has 0 spiro atoms. The highest BCUT2D eigenvalue weighted by Gasteiger charge is 2.35. The van der Waals surface area contributed by atoms with Crippen LogP contribution in [0.1, 0.15) is 73.6 Å². The van der Waals surface area contributed by atoms with Gasteiger partial charge < -0.3 is 9.47 Å². The molecule has 2 aliphatic rings. The molecule has 2 aliphatic carbocycles. The van der Waals surface area contributed by atoms with Crippen LogP contribution in [0.2, 0.25) is 0 Å². The van der Waals surface area contributed by atoms with Gasteiger partial charge in [-0.25, -0.2) is 16.8 Å². The third-order valence-corrected chi connectivity index (χ3v) is 10.5. The quantitative estimate of drug-likeness (QED) is 0.115. The zero-order valence-corrected chi connectivity index (χ0v) is 29.7. The predicted octanol–water partition coefficient (Wildman–Crippen LogP) is 7.03. The van der Waals surface area contributed by atoms with E-state index in [0.29, 0.717) is 62.5 Å². The first-order valence-electron chi connectivity index (χ1n) is 16.1. The fourth-order valence-corrected chi connectivity index (χ4v) is 6.97. The summed E-state index contributed by atoms with van der Waals surface area (Å²) < 4.78 is 143. The lowest BCUT2D eigenvalue weighted by atomic mass is 10.1. The highest BCUT2D eigenvalue weighted by Crippen LogP contribution is 2.37. The van der Waals surface area contributed by atoms with Crippen molar-refractivity contribution in [2.45, 2.75) is 73.5 Å². The van der Waals surface area contributed by atoms with Crippen LogP contribution in [0, 0.1) is 11.8 Å². The molecule has 17 heteroatoms. The first-order valence-corrected chi connectivity index (χ1v) is 19.9. The van der Waals surface area contributed by atoms with Gasteiger partial charge in [0, 0.05) is 61.2 Å². The van der Waals surface area contributed by atoms with Crippen molar-refractivity contribution in [1.82, 2.24) is 0 Å². The number of benzene rings is 2. The number of sulfone groups is 2. The molecule has 2 aromatic rings. The molecule has 2 saturated carbocycles. The van der Waals surface area contributed by atoms with E-state index in [4.69, 9.17) is 9.47 Å². The Morgan fingerprint density at radius 1 is 0.654 bits per heavy atom. The summed E-state index contributed by atoms with van der Waals surface area (Å²) in [6.45, 7) is -0.529. The summed E-state index contributed by atoms with van der Waals surface area (Å²) in [4.78, 5) is 36.2. The van der Waals surface area contributed by atoms with Crippen molar-refractivity contribution in [1.29, 1.82) is 0 Å². The maximum atomic E-state index is 13.5. The van der Waals surface area contributed by atoms with Gasteiger partial charge in [-0.1, -0.05) is 0 Å². The maximum Gasteiger partial charge on any atom is 0.416 e. The lowest BCUT2D eigenvalue weighted by Crippen LogP contribution is -2.12. The van der Waals surface area contributed by atoms with E-state index in [-0.39, 0.29) is 72.1 Å². The summed E-state index contributed by atoms with van der Waals surface area (Å²) in [6, 6.07) is 3.91. The minimum atomic E-state index is -4.88. The molecule has 0 radical (unpaired) electrons. The molecule has 0 aromatic heterocycles. The highest BCUT2D eigenvalue weighted by molar-refractivity contribution is 7.91. The molecule has 0 aliphatic heterocycles. The minimum absolute atomic E-state index is 0.0761. The summed E-state index contributed by atoms with van der Waals surface area (Å²) in [5, 5.41) is 0. The van der Waals surface area contributed by atoms with Gasteiger partial charge in [0.2, 0.25) is 0 Å². The van der Waals surface area contributed by atoms with E-state index in [1.165, 1.54) is 0 Å². The van der Waals surface area contributed by atoms with Gasteiger partial charge in [-0.3, -0.25) is 14.4 Å². The van der Waals surface area contributed by atoms with Gasteiger partial charge in [0.1, 0.15) is 28.9 Å². The third-order valence-electron chi connectivity index (χ3n) is 8.26. The summed E-state index contributed by atoms with van der Waals surface area (Å²) in [7, 11) is -8.57. The summed E-state index contributed by atoms with van der Waals surface area (Å²) >= 11 is 0. The molecular weight excluding hydrogens is 742 g/mol. The van der Waals surface area contributed by atoms with Crippen LogP contribution >= 0.6 is 0 Å². The zero-order chi connectivity index (χ0) is 38.6. The van der Waals surface area contributed by atoms with Crippen LogP contribution in [0.3, 0.4) is 0 Å². The average molecular weight is 779 g/mol. The van der Waals surface area contributed by atoms with Crippen molar-refractivity contribution in [2.24, 2.45) is 11.8 Å². The largest absolute Gasteiger partial charge is 0.493 e. The maximum absolute atomic E-state index is 13.5. The van der Waals surface area contributed by atoms with Crippen LogP contribution in [-0.2, 0) is 55.9 Å². The lowest BCUT2D eigenvalue weighted by molar-refractivity contribution is -0.138. The van der Waals surface area contributed by atoms with E-state index in [2.05, 4.69) is 0 Å². The number of halogens is 6. The van der Waals surface area contributed by atoms with Crippen LogP contribution in [0.5, 0.6) is 0 Å². The van der Waals surface area contributed by atoms with E-state index in [1.807, 2.05) is 0 Å².